The standard InChI is InChI=1S/C21H16N2O5S2/c1-27-17-8-13(9-18-20(26)23(11-19(24)25)21(29)30-18)6-7-16(17)28-12-15-5-3-2-4-14(15)10-22/h2-9H,11-12H2,1H3,(H,24,25)/b18-9+. The third-order valence-electron chi connectivity index (χ3n) is 4.17. The lowest BCUT2D eigenvalue weighted by molar-refractivity contribution is -0.140. The number of hydrogen-bond donors (Lipinski definition) is 1. The lowest BCUT2D eigenvalue weighted by Crippen LogP contribution is -2.33. The van der Waals surface area contributed by atoms with E-state index < -0.39 is 18.4 Å². The molecule has 0 aromatic heterocycles. The monoisotopic (exact) mass is 440 g/mol. The molecule has 1 saturated heterocycles. The van der Waals surface area contributed by atoms with Crippen LogP contribution in [0.15, 0.2) is 47.4 Å². The second-order valence-electron chi connectivity index (χ2n) is 6.13. The van der Waals surface area contributed by atoms with E-state index in [1.165, 1.54) is 7.11 Å². The van der Waals surface area contributed by atoms with Crippen LogP contribution in [-0.2, 0) is 16.2 Å². The minimum Gasteiger partial charge on any atom is -0.493 e. The Labute approximate surface area is 182 Å². The first kappa shape index (κ1) is 21.4. The van der Waals surface area contributed by atoms with Gasteiger partial charge in [0.05, 0.1) is 23.6 Å². The smallest absolute Gasteiger partial charge is 0.323 e. The third kappa shape index (κ3) is 4.79. The normalized spacial score (nSPS) is 14.7. The zero-order chi connectivity index (χ0) is 21.7. The van der Waals surface area contributed by atoms with Gasteiger partial charge in [0, 0.05) is 5.56 Å². The lowest BCUT2D eigenvalue weighted by Gasteiger charge is -2.12. The van der Waals surface area contributed by atoms with E-state index in [1.807, 2.05) is 12.1 Å². The lowest BCUT2D eigenvalue weighted by atomic mass is 10.1. The molecule has 1 N–H and O–H groups in total. The molecule has 0 radical (unpaired) electrons. The molecule has 1 aliphatic rings. The summed E-state index contributed by atoms with van der Waals surface area (Å²) < 4.78 is 11.4. The average molecular weight is 441 g/mol. The van der Waals surface area contributed by atoms with Crippen LogP contribution >= 0.6 is 24.0 Å². The van der Waals surface area contributed by atoms with Gasteiger partial charge in [-0.05, 0) is 29.8 Å². The Morgan fingerprint density at radius 2 is 2.07 bits per heavy atom. The minimum absolute atomic E-state index is 0.202. The van der Waals surface area contributed by atoms with Gasteiger partial charge in [0.2, 0.25) is 0 Å². The van der Waals surface area contributed by atoms with E-state index >= 15 is 0 Å². The molecule has 7 nitrogen and oxygen atoms in total. The number of nitriles is 1. The van der Waals surface area contributed by atoms with Crippen LogP contribution in [0.3, 0.4) is 0 Å². The summed E-state index contributed by atoms with van der Waals surface area (Å²) in [6.07, 6.45) is 1.62. The van der Waals surface area contributed by atoms with Gasteiger partial charge in [0.25, 0.3) is 5.91 Å². The number of rotatable bonds is 7. The van der Waals surface area contributed by atoms with Crippen LogP contribution in [0.2, 0.25) is 0 Å². The van der Waals surface area contributed by atoms with Gasteiger partial charge in [-0.3, -0.25) is 14.5 Å². The average Bonchev–Trinajstić information content (AvgIpc) is 2.99. The molecule has 1 fully saturated rings. The topological polar surface area (TPSA) is 99.9 Å². The number of ether oxygens (including phenoxy) is 2. The second-order valence-corrected chi connectivity index (χ2v) is 7.81. The van der Waals surface area contributed by atoms with E-state index in [-0.39, 0.29) is 10.9 Å². The first-order valence-electron chi connectivity index (χ1n) is 8.69. The highest BCUT2D eigenvalue weighted by Crippen LogP contribution is 2.35. The molecule has 2 aromatic carbocycles. The number of amides is 1. The van der Waals surface area contributed by atoms with E-state index in [0.29, 0.717) is 27.5 Å². The molecule has 152 valence electrons. The van der Waals surface area contributed by atoms with Crippen LogP contribution in [-0.4, -0.2) is 39.9 Å². The van der Waals surface area contributed by atoms with Gasteiger partial charge >= 0.3 is 5.97 Å². The quantitative estimate of drug-likeness (QED) is 0.516. The highest BCUT2D eigenvalue weighted by atomic mass is 32.2. The SMILES string of the molecule is COc1cc(/C=C2/SC(=S)N(CC(=O)O)C2=O)ccc1OCc1ccccc1C#N. The number of carboxylic acids is 1. The number of carboxylic acid groups (broad SMARTS) is 1. The summed E-state index contributed by atoms with van der Waals surface area (Å²) in [4.78, 5) is 24.7. The maximum absolute atomic E-state index is 12.4. The first-order valence-corrected chi connectivity index (χ1v) is 9.91. The molecule has 0 aliphatic carbocycles. The molecular formula is C21H16N2O5S2. The highest BCUT2D eigenvalue weighted by molar-refractivity contribution is 8.26. The fourth-order valence-electron chi connectivity index (χ4n) is 2.73. The number of aliphatic carboxylic acids is 1. The Morgan fingerprint density at radius 3 is 2.77 bits per heavy atom. The van der Waals surface area contributed by atoms with Crippen molar-refractivity contribution in [2.24, 2.45) is 0 Å². The fourth-order valence-corrected chi connectivity index (χ4v) is 3.98. The predicted octanol–water partition coefficient (Wildman–Crippen LogP) is 3.43. The Morgan fingerprint density at radius 1 is 1.30 bits per heavy atom. The van der Waals surface area contributed by atoms with Gasteiger partial charge in [-0.25, -0.2) is 0 Å². The molecule has 0 atom stereocenters. The molecule has 9 heteroatoms. The van der Waals surface area contributed by atoms with Crippen molar-refractivity contribution in [2.45, 2.75) is 6.61 Å². The van der Waals surface area contributed by atoms with Gasteiger partial charge in [0.1, 0.15) is 17.5 Å². The highest BCUT2D eigenvalue weighted by Gasteiger charge is 2.33. The zero-order valence-corrected chi connectivity index (χ0v) is 17.5. The van der Waals surface area contributed by atoms with Crippen molar-refractivity contribution in [3.63, 3.8) is 0 Å². The third-order valence-corrected chi connectivity index (χ3v) is 5.55. The maximum atomic E-state index is 12.4. The van der Waals surface area contributed by atoms with Gasteiger partial charge < -0.3 is 14.6 Å². The van der Waals surface area contributed by atoms with Crippen molar-refractivity contribution >= 4 is 46.3 Å². The van der Waals surface area contributed by atoms with E-state index in [2.05, 4.69) is 6.07 Å². The predicted molar refractivity (Wildman–Crippen MR) is 116 cm³/mol. The van der Waals surface area contributed by atoms with E-state index in [1.54, 1.807) is 36.4 Å². The number of carbonyl (C=O) groups excluding carboxylic acids is 1. The van der Waals surface area contributed by atoms with Gasteiger partial charge in [-0.1, -0.05) is 48.2 Å². The summed E-state index contributed by atoms with van der Waals surface area (Å²) in [6, 6.07) is 14.4. The molecule has 1 heterocycles. The summed E-state index contributed by atoms with van der Waals surface area (Å²) in [5, 5.41) is 18.1. The molecule has 0 unspecified atom stereocenters. The molecule has 0 spiro atoms. The molecule has 1 aliphatic heterocycles. The number of nitrogens with zero attached hydrogens (tertiary/aromatic N) is 2. The Kier molecular flexibility index (Phi) is 6.72. The Bertz CT molecular complexity index is 1090. The summed E-state index contributed by atoms with van der Waals surface area (Å²) in [7, 11) is 1.50. The van der Waals surface area contributed by atoms with Crippen LogP contribution in [0.5, 0.6) is 11.5 Å². The van der Waals surface area contributed by atoms with Crippen LogP contribution in [0.4, 0.5) is 0 Å². The molecule has 2 aromatic rings. The van der Waals surface area contributed by atoms with Crippen molar-refractivity contribution in [2.75, 3.05) is 13.7 Å². The molecule has 1 amide bonds. The number of hydrogen-bond acceptors (Lipinski definition) is 7. The number of benzene rings is 2. The number of methoxy groups -OCH3 is 1. The van der Waals surface area contributed by atoms with Crippen molar-refractivity contribution in [3.8, 4) is 17.6 Å². The van der Waals surface area contributed by atoms with Crippen LogP contribution < -0.4 is 9.47 Å². The fraction of sp³-hybridized carbons (Fsp3) is 0.143. The zero-order valence-electron chi connectivity index (χ0n) is 15.8. The molecule has 30 heavy (non-hydrogen) atoms. The van der Waals surface area contributed by atoms with E-state index in [9.17, 15) is 14.9 Å². The Balaban J connectivity index is 1.78. The number of thiocarbonyl (C=S) groups is 1. The Hall–Kier alpha value is -3.35. The molecule has 3 rings (SSSR count). The van der Waals surface area contributed by atoms with Crippen molar-refractivity contribution < 1.29 is 24.2 Å². The van der Waals surface area contributed by atoms with Crippen molar-refractivity contribution in [3.05, 3.63) is 64.1 Å². The van der Waals surface area contributed by atoms with Crippen LogP contribution in [0, 0.1) is 11.3 Å². The van der Waals surface area contributed by atoms with Crippen molar-refractivity contribution in [1.29, 1.82) is 5.26 Å². The van der Waals surface area contributed by atoms with E-state index in [0.717, 1.165) is 22.2 Å². The first-order chi connectivity index (χ1) is 14.4. The number of thioether (sulfide) groups is 1. The van der Waals surface area contributed by atoms with Gasteiger partial charge in [0.15, 0.2) is 11.5 Å². The van der Waals surface area contributed by atoms with Crippen LogP contribution in [0.1, 0.15) is 16.7 Å². The molecular weight excluding hydrogens is 424 g/mol. The maximum Gasteiger partial charge on any atom is 0.323 e. The molecule has 0 saturated carbocycles. The minimum atomic E-state index is -1.13. The van der Waals surface area contributed by atoms with E-state index in [4.69, 9.17) is 26.8 Å². The summed E-state index contributed by atoms with van der Waals surface area (Å²) in [6.45, 7) is -0.268. The van der Waals surface area contributed by atoms with Gasteiger partial charge in [-0.2, -0.15) is 5.26 Å². The van der Waals surface area contributed by atoms with Crippen LogP contribution in [0.25, 0.3) is 6.08 Å². The molecule has 0 bridgehead atoms. The number of carbonyl (C=O) groups is 2. The van der Waals surface area contributed by atoms with Crippen molar-refractivity contribution in [1.82, 2.24) is 4.90 Å². The second kappa shape index (κ2) is 9.43. The largest absolute Gasteiger partial charge is 0.493 e. The van der Waals surface area contributed by atoms with Gasteiger partial charge in [-0.15, -0.1) is 0 Å². The summed E-state index contributed by atoms with van der Waals surface area (Å²) in [5.41, 5.74) is 1.97. The summed E-state index contributed by atoms with van der Waals surface area (Å²) in [5.74, 6) is -0.631. The summed E-state index contributed by atoms with van der Waals surface area (Å²) >= 11 is 6.15.